The molecule has 0 fully saturated rings. The number of imidazole rings is 1. The van der Waals surface area contributed by atoms with Crippen LogP contribution in [0.3, 0.4) is 0 Å². The number of aliphatic hydroxyl groups excluding tert-OH is 1. The standard InChI is InChI=1S/C19H26N6O/c1-14(2)25-13-21-16-17(20-12-15-8-5-4-6-9-15)22-19(23-18(16)25)24(3)10-7-11-26/h4-6,8-9,13-14,26H,7,10-12H2,1-3H3,(H,20,22,23). The third-order valence-corrected chi connectivity index (χ3v) is 4.26. The van der Waals surface area contributed by atoms with E-state index in [1.165, 1.54) is 5.56 Å². The molecule has 3 aromatic rings. The molecule has 3 rings (SSSR count). The lowest BCUT2D eigenvalue weighted by atomic mass is 10.2. The van der Waals surface area contributed by atoms with Crippen molar-refractivity contribution in [1.29, 1.82) is 0 Å². The van der Waals surface area contributed by atoms with Crippen molar-refractivity contribution >= 4 is 22.9 Å². The molecule has 7 nitrogen and oxygen atoms in total. The van der Waals surface area contributed by atoms with Crippen LogP contribution in [0.2, 0.25) is 0 Å². The van der Waals surface area contributed by atoms with E-state index < -0.39 is 0 Å². The van der Waals surface area contributed by atoms with Gasteiger partial charge in [0, 0.05) is 32.8 Å². The van der Waals surface area contributed by atoms with Gasteiger partial charge in [0.25, 0.3) is 0 Å². The van der Waals surface area contributed by atoms with Crippen molar-refractivity contribution in [3.63, 3.8) is 0 Å². The molecule has 2 N–H and O–H groups in total. The van der Waals surface area contributed by atoms with Gasteiger partial charge in [0.2, 0.25) is 5.95 Å². The zero-order chi connectivity index (χ0) is 18.5. The van der Waals surface area contributed by atoms with Crippen LogP contribution in [-0.2, 0) is 6.54 Å². The van der Waals surface area contributed by atoms with Crippen LogP contribution < -0.4 is 10.2 Å². The Kier molecular flexibility index (Phi) is 5.68. The largest absolute Gasteiger partial charge is 0.396 e. The number of nitrogens with one attached hydrogen (secondary N) is 1. The molecule has 1 aromatic carbocycles. The van der Waals surface area contributed by atoms with E-state index in [4.69, 9.17) is 10.1 Å². The molecule has 0 aliphatic rings. The average Bonchev–Trinajstić information content (AvgIpc) is 3.09. The summed E-state index contributed by atoms with van der Waals surface area (Å²) in [5.41, 5.74) is 2.77. The summed E-state index contributed by atoms with van der Waals surface area (Å²) >= 11 is 0. The van der Waals surface area contributed by atoms with Gasteiger partial charge in [-0.3, -0.25) is 0 Å². The van der Waals surface area contributed by atoms with Crippen molar-refractivity contribution in [2.24, 2.45) is 0 Å². The minimum absolute atomic E-state index is 0.148. The molecule has 0 amide bonds. The Bertz CT molecular complexity index is 846. The number of rotatable bonds is 8. The number of benzene rings is 1. The molecule has 0 atom stereocenters. The molecule has 138 valence electrons. The highest BCUT2D eigenvalue weighted by Gasteiger charge is 2.16. The first kappa shape index (κ1) is 18.1. The number of fused-ring (bicyclic) bond motifs is 1. The van der Waals surface area contributed by atoms with Gasteiger partial charge in [0.05, 0.1) is 6.33 Å². The molecule has 0 saturated heterocycles. The molecule has 0 aliphatic carbocycles. The van der Waals surface area contributed by atoms with Crippen molar-refractivity contribution < 1.29 is 5.11 Å². The lowest BCUT2D eigenvalue weighted by Crippen LogP contribution is -2.22. The molecule has 0 bridgehead atoms. The summed E-state index contributed by atoms with van der Waals surface area (Å²) < 4.78 is 2.05. The fourth-order valence-electron chi connectivity index (χ4n) is 2.77. The molecule has 2 heterocycles. The lowest BCUT2D eigenvalue weighted by Gasteiger charge is -2.18. The van der Waals surface area contributed by atoms with Gasteiger partial charge in [-0.25, -0.2) is 4.98 Å². The quantitative estimate of drug-likeness (QED) is 0.648. The van der Waals surface area contributed by atoms with Gasteiger partial charge in [-0.05, 0) is 25.8 Å². The summed E-state index contributed by atoms with van der Waals surface area (Å²) in [6, 6.07) is 10.5. The zero-order valence-electron chi connectivity index (χ0n) is 15.6. The molecule has 26 heavy (non-hydrogen) atoms. The fraction of sp³-hybridized carbons (Fsp3) is 0.421. The highest BCUT2D eigenvalue weighted by Crippen LogP contribution is 2.25. The first-order valence-corrected chi connectivity index (χ1v) is 8.94. The zero-order valence-corrected chi connectivity index (χ0v) is 15.6. The summed E-state index contributed by atoms with van der Waals surface area (Å²) in [6.45, 7) is 5.72. The van der Waals surface area contributed by atoms with Gasteiger partial charge in [-0.1, -0.05) is 30.3 Å². The number of aliphatic hydroxyl groups is 1. The highest BCUT2D eigenvalue weighted by atomic mass is 16.3. The molecule has 2 aromatic heterocycles. The predicted octanol–water partition coefficient (Wildman–Crippen LogP) is 2.84. The lowest BCUT2D eigenvalue weighted by molar-refractivity contribution is 0.290. The topological polar surface area (TPSA) is 79.1 Å². The summed E-state index contributed by atoms with van der Waals surface area (Å²) in [4.78, 5) is 15.9. The normalized spacial score (nSPS) is 11.3. The van der Waals surface area contributed by atoms with Crippen LogP contribution in [-0.4, -0.2) is 44.8 Å². The molecular weight excluding hydrogens is 328 g/mol. The van der Waals surface area contributed by atoms with Crippen molar-refractivity contribution in [2.75, 3.05) is 30.4 Å². The molecule has 0 spiro atoms. The SMILES string of the molecule is CC(C)n1cnc2c(NCc3ccccc3)nc(N(C)CCCO)nc21. The first-order chi connectivity index (χ1) is 12.6. The first-order valence-electron chi connectivity index (χ1n) is 8.94. The van der Waals surface area contributed by atoms with Crippen LogP contribution >= 0.6 is 0 Å². The van der Waals surface area contributed by atoms with E-state index >= 15 is 0 Å². The number of nitrogens with zero attached hydrogens (tertiary/aromatic N) is 5. The summed E-state index contributed by atoms with van der Waals surface area (Å²) in [5, 5.41) is 12.5. The molecule has 7 heteroatoms. The van der Waals surface area contributed by atoms with E-state index in [0.29, 0.717) is 25.5 Å². The predicted molar refractivity (Wildman–Crippen MR) is 104 cm³/mol. The van der Waals surface area contributed by atoms with Crippen LogP contribution in [0.25, 0.3) is 11.2 Å². The van der Waals surface area contributed by atoms with E-state index in [0.717, 1.165) is 17.0 Å². The summed E-state index contributed by atoms with van der Waals surface area (Å²) in [7, 11) is 1.94. The number of hydrogen-bond donors (Lipinski definition) is 2. The van der Waals surface area contributed by atoms with Crippen molar-refractivity contribution in [3.05, 3.63) is 42.2 Å². The van der Waals surface area contributed by atoms with Crippen molar-refractivity contribution in [3.8, 4) is 0 Å². The van der Waals surface area contributed by atoms with Gasteiger partial charge < -0.3 is 19.9 Å². The van der Waals surface area contributed by atoms with Crippen LogP contribution in [0, 0.1) is 0 Å². The van der Waals surface area contributed by atoms with E-state index in [9.17, 15) is 0 Å². The third kappa shape index (κ3) is 3.94. The highest BCUT2D eigenvalue weighted by molar-refractivity contribution is 5.84. The molecule has 0 saturated carbocycles. The van der Waals surface area contributed by atoms with Crippen LogP contribution in [0.1, 0.15) is 31.9 Å². The minimum atomic E-state index is 0.148. The molecule has 0 radical (unpaired) electrons. The Hall–Kier alpha value is -2.67. The van der Waals surface area contributed by atoms with E-state index in [2.05, 4.69) is 41.3 Å². The molecule has 0 aliphatic heterocycles. The van der Waals surface area contributed by atoms with Crippen molar-refractivity contribution in [2.45, 2.75) is 32.9 Å². The van der Waals surface area contributed by atoms with Gasteiger partial charge in [0.1, 0.15) is 0 Å². The Morgan fingerprint density at radius 1 is 1.19 bits per heavy atom. The monoisotopic (exact) mass is 354 g/mol. The van der Waals surface area contributed by atoms with Gasteiger partial charge in [-0.15, -0.1) is 0 Å². The second-order valence-electron chi connectivity index (χ2n) is 6.63. The smallest absolute Gasteiger partial charge is 0.229 e. The van der Waals surface area contributed by atoms with Gasteiger partial charge in [0.15, 0.2) is 17.0 Å². The van der Waals surface area contributed by atoms with Crippen LogP contribution in [0.5, 0.6) is 0 Å². The number of aromatic nitrogens is 4. The Morgan fingerprint density at radius 3 is 2.65 bits per heavy atom. The number of anilines is 2. The van der Waals surface area contributed by atoms with E-state index in [1.807, 2.05) is 41.0 Å². The van der Waals surface area contributed by atoms with Crippen molar-refractivity contribution in [1.82, 2.24) is 19.5 Å². The summed E-state index contributed by atoms with van der Waals surface area (Å²) in [6.07, 6.45) is 2.49. The minimum Gasteiger partial charge on any atom is -0.396 e. The van der Waals surface area contributed by atoms with E-state index in [1.54, 1.807) is 0 Å². The Labute approximate surface area is 153 Å². The third-order valence-electron chi connectivity index (χ3n) is 4.26. The maximum Gasteiger partial charge on any atom is 0.229 e. The average molecular weight is 354 g/mol. The maximum absolute atomic E-state index is 9.09. The Balaban J connectivity index is 1.96. The fourth-order valence-corrected chi connectivity index (χ4v) is 2.77. The Morgan fingerprint density at radius 2 is 1.96 bits per heavy atom. The second-order valence-corrected chi connectivity index (χ2v) is 6.63. The van der Waals surface area contributed by atoms with Gasteiger partial charge >= 0.3 is 0 Å². The number of hydrogen-bond acceptors (Lipinski definition) is 6. The second kappa shape index (κ2) is 8.14. The van der Waals surface area contributed by atoms with Gasteiger partial charge in [-0.2, -0.15) is 9.97 Å². The van der Waals surface area contributed by atoms with Crippen LogP contribution in [0.15, 0.2) is 36.7 Å². The summed E-state index contributed by atoms with van der Waals surface area (Å²) in [5.74, 6) is 1.35. The molecular formula is C19H26N6O. The van der Waals surface area contributed by atoms with E-state index in [-0.39, 0.29) is 12.6 Å². The molecule has 0 unspecified atom stereocenters. The van der Waals surface area contributed by atoms with Crippen LogP contribution in [0.4, 0.5) is 11.8 Å². The maximum atomic E-state index is 9.09.